The summed E-state index contributed by atoms with van der Waals surface area (Å²) in [5.41, 5.74) is 5.84. The van der Waals surface area contributed by atoms with Gasteiger partial charge in [-0.2, -0.15) is 0 Å². The number of benzene rings is 1. The molecule has 1 aromatic carbocycles. The Kier molecular flexibility index (Phi) is 10.1. The van der Waals surface area contributed by atoms with Gasteiger partial charge < -0.3 is 26.0 Å². The standard InChI is InChI=1S/C24H36N4O5/c1-8-16-10-9-11-17(14-16)20(21(30)26-15(2)3)28(7)22(31)18(12-13-19(25)29)27-23(32)33-24(4,5)6/h8-11,14-15,18,20H,1,12-13H2,2-7H3,(H2,25,29)(H,26,30)(H,27,32). The smallest absolute Gasteiger partial charge is 0.408 e. The number of hydrogen-bond acceptors (Lipinski definition) is 5. The van der Waals surface area contributed by atoms with Crippen molar-refractivity contribution in [1.82, 2.24) is 15.5 Å². The molecule has 0 saturated heterocycles. The Morgan fingerprint density at radius 3 is 2.33 bits per heavy atom. The minimum atomic E-state index is -1.12. The lowest BCUT2D eigenvalue weighted by atomic mass is 10.00. The minimum absolute atomic E-state index is 0.0387. The number of alkyl carbamates (subject to hydrolysis) is 1. The zero-order valence-electron chi connectivity index (χ0n) is 20.3. The maximum Gasteiger partial charge on any atom is 0.408 e. The van der Waals surface area contributed by atoms with Gasteiger partial charge in [0.05, 0.1) is 0 Å². The normalized spacial score (nSPS) is 12.9. The summed E-state index contributed by atoms with van der Waals surface area (Å²) in [5.74, 6) is -1.56. The molecule has 1 rings (SSSR count). The third-order valence-electron chi connectivity index (χ3n) is 4.54. The van der Waals surface area contributed by atoms with Gasteiger partial charge in [0.2, 0.25) is 17.7 Å². The number of nitrogens with one attached hydrogen (secondary N) is 2. The summed E-state index contributed by atoms with van der Waals surface area (Å²) in [4.78, 5) is 51.4. The third-order valence-corrected chi connectivity index (χ3v) is 4.54. The first kappa shape index (κ1) is 27.7. The molecule has 0 saturated carbocycles. The topological polar surface area (TPSA) is 131 Å². The number of likely N-dealkylation sites (N-methyl/N-ethyl adjacent to an activating group) is 1. The molecule has 2 unspecified atom stereocenters. The second kappa shape index (κ2) is 12.0. The van der Waals surface area contributed by atoms with Crippen LogP contribution in [-0.4, -0.2) is 53.4 Å². The molecule has 0 bridgehead atoms. The minimum Gasteiger partial charge on any atom is -0.444 e. The van der Waals surface area contributed by atoms with Gasteiger partial charge in [0.15, 0.2) is 0 Å². The predicted molar refractivity (Wildman–Crippen MR) is 127 cm³/mol. The molecular weight excluding hydrogens is 424 g/mol. The number of nitrogens with zero attached hydrogens (tertiary/aromatic N) is 1. The van der Waals surface area contributed by atoms with E-state index in [2.05, 4.69) is 17.2 Å². The molecule has 1 aromatic rings. The second-order valence-corrected chi connectivity index (χ2v) is 9.09. The van der Waals surface area contributed by atoms with Crippen LogP contribution in [0.15, 0.2) is 30.8 Å². The highest BCUT2D eigenvalue weighted by Crippen LogP contribution is 2.23. The highest BCUT2D eigenvalue weighted by Gasteiger charge is 2.34. The van der Waals surface area contributed by atoms with Gasteiger partial charge in [-0.15, -0.1) is 0 Å². The summed E-state index contributed by atoms with van der Waals surface area (Å²) in [6.07, 6.45) is 0.663. The fourth-order valence-corrected chi connectivity index (χ4v) is 3.14. The first-order chi connectivity index (χ1) is 15.2. The van der Waals surface area contributed by atoms with E-state index in [0.717, 1.165) is 5.56 Å². The lowest BCUT2D eigenvalue weighted by Gasteiger charge is -2.32. The van der Waals surface area contributed by atoms with E-state index < -0.39 is 35.6 Å². The van der Waals surface area contributed by atoms with Crippen LogP contribution in [0.3, 0.4) is 0 Å². The Morgan fingerprint density at radius 2 is 1.82 bits per heavy atom. The van der Waals surface area contributed by atoms with Crippen LogP contribution in [0.4, 0.5) is 4.79 Å². The van der Waals surface area contributed by atoms with E-state index >= 15 is 0 Å². The Labute approximate surface area is 195 Å². The van der Waals surface area contributed by atoms with Crippen molar-refractivity contribution < 1.29 is 23.9 Å². The predicted octanol–water partition coefficient (Wildman–Crippen LogP) is 2.51. The van der Waals surface area contributed by atoms with Gasteiger partial charge in [-0.1, -0.05) is 30.9 Å². The van der Waals surface area contributed by atoms with Crippen LogP contribution in [0.1, 0.15) is 64.6 Å². The molecule has 0 spiro atoms. The van der Waals surface area contributed by atoms with Crippen molar-refractivity contribution in [3.63, 3.8) is 0 Å². The summed E-state index contributed by atoms with van der Waals surface area (Å²) in [6.45, 7) is 12.5. The first-order valence-electron chi connectivity index (χ1n) is 10.8. The average Bonchev–Trinajstić information content (AvgIpc) is 2.68. The molecule has 0 fully saturated rings. The number of ether oxygens (including phenoxy) is 1. The summed E-state index contributed by atoms with van der Waals surface area (Å²) < 4.78 is 5.25. The molecule has 9 heteroatoms. The van der Waals surface area contributed by atoms with Crippen LogP contribution in [0.5, 0.6) is 0 Å². The molecule has 0 aliphatic carbocycles. The van der Waals surface area contributed by atoms with E-state index in [4.69, 9.17) is 10.5 Å². The number of amides is 4. The van der Waals surface area contributed by atoms with Crippen LogP contribution in [0.2, 0.25) is 0 Å². The molecule has 182 valence electrons. The molecular formula is C24H36N4O5. The molecule has 0 heterocycles. The summed E-state index contributed by atoms with van der Waals surface area (Å²) in [7, 11) is 1.47. The SMILES string of the molecule is C=Cc1cccc(C(C(=O)NC(C)C)N(C)C(=O)C(CCC(N)=O)NC(=O)OC(C)(C)C)c1. The molecule has 0 aliphatic rings. The molecule has 33 heavy (non-hydrogen) atoms. The van der Waals surface area contributed by atoms with Gasteiger partial charge in [0.25, 0.3) is 0 Å². The van der Waals surface area contributed by atoms with E-state index in [9.17, 15) is 19.2 Å². The maximum absolute atomic E-state index is 13.4. The van der Waals surface area contributed by atoms with E-state index in [1.165, 1.54) is 11.9 Å². The Bertz CT molecular complexity index is 876. The fraction of sp³-hybridized carbons (Fsp3) is 0.500. The van der Waals surface area contributed by atoms with E-state index in [1.807, 2.05) is 19.9 Å². The molecule has 0 radical (unpaired) electrons. The van der Waals surface area contributed by atoms with E-state index in [1.54, 1.807) is 45.0 Å². The van der Waals surface area contributed by atoms with Gasteiger partial charge in [-0.25, -0.2) is 4.79 Å². The van der Waals surface area contributed by atoms with Crippen molar-refractivity contribution >= 4 is 29.9 Å². The van der Waals surface area contributed by atoms with Crippen LogP contribution < -0.4 is 16.4 Å². The number of carbonyl (C=O) groups is 4. The average molecular weight is 461 g/mol. The van der Waals surface area contributed by atoms with E-state index in [-0.39, 0.29) is 24.8 Å². The van der Waals surface area contributed by atoms with Gasteiger partial charge in [0.1, 0.15) is 17.7 Å². The van der Waals surface area contributed by atoms with Crippen molar-refractivity contribution in [3.05, 3.63) is 42.0 Å². The summed E-state index contributed by atoms with van der Waals surface area (Å²) in [5, 5.41) is 5.34. The van der Waals surface area contributed by atoms with Crippen molar-refractivity contribution in [3.8, 4) is 0 Å². The zero-order chi connectivity index (χ0) is 25.3. The number of primary amides is 1. The second-order valence-electron chi connectivity index (χ2n) is 9.09. The van der Waals surface area contributed by atoms with Crippen molar-refractivity contribution in [2.24, 2.45) is 5.73 Å². The fourth-order valence-electron chi connectivity index (χ4n) is 3.14. The highest BCUT2D eigenvalue weighted by atomic mass is 16.6. The van der Waals surface area contributed by atoms with Crippen molar-refractivity contribution in [2.45, 2.75) is 71.2 Å². The van der Waals surface area contributed by atoms with Gasteiger partial charge in [-0.3, -0.25) is 14.4 Å². The Hall–Kier alpha value is -3.36. The summed E-state index contributed by atoms with van der Waals surface area (Å²) in [6, 6.07) is 4.85. The number of nitrogens with two attached hydrogens (primary N) is 1. The van der Waals surface area contributed by atoms with Crippen LogP contribution >= 0.6 is 0 Å². The molecule has 0 aliphatic heterocycles. The first-order valence-corrected chi connectivity index (χ1v) is 10.8. The Balaban J connectivity index is 3.29. The van der Waals surface area contributed by atoms with Crippen molar-refractivity contribution in [2.75, 3.05) is 7.05 Å². The van der Waals surface area contributed by atoms with Crippen LogP contribution in [0.25, 0.3) is 6.08 Å². The van der Waals surface area contributed by atoms with Crippen LogP contribution in [0, 0.1) is 0 Å². The molecule has 4 N–H and O–H groups in total. The highest BCUT2D eigenvalue weighted by molar-refractivity contribution is 5.92. The van der Waals surface area contributed by atoms with Gasteiger partial charge in [-0.05, 0) is 58.2 Å². The van der Waals surface area contributed by atoms with Crippen LogP contribution in [-0.2, 0) is 19.1 Å². The third kappa shape index (κ3) is 9.34. The lowest BCUT2D eigenvalue weighted by Crippen LogP contribution is -2.52. The lowest BCUT2D eigenvalue weighted by molar-refractivity contribution is -0.141. The largest absolute Gasteiger partial charge is 0.444 e. The maximum atomic E-state index is 13.4. The number of carbonyl (C=O) groups excluding carboxylic acids is 4. The quantitative estimate of drug-likeness (QED) is 0.494. The zero-order valence-corrected chi connectivity index (χ0v) is 20.3. The molecule has 2 atom stereocenters. The van der Waals surface area contributed by atoms with Gasteiger partial charge in [0, 0.05) is 19.5 Å². The molecule has 0 aromatic heterocycles. The van der Waals surface area contributed by atoms with E-state index in [0.29, 0.717) is 5.56 Å². The number of hydrogen-bond donors (Lipinski definition) is 3. The molecule has 9 nitrogen and oxygen atoms in total. The molecule has 4 amide bonds. The van der Waals surface area contributed by atoms with Crippen molar-refractivity contribution in [1.29, 1.82) is 0 Å². The summed E-state index contributed by atoms with van der Waals surface area (Å²) >= 11 is 0. The number of rotatable bonds is 10. The van der Waals surface area contributed by atoms with Gasteiger partial charge >= 0.3 is 6.09 Å². The Morgan fingerprint density at radius 1 is 1.18 bits per heavy atom. The monoisotopic (exact) mass is 460 g/mol.